The first-order valence-corrected chi connectivity index (χ1v) is 6.48. The van der Waals surface area contributed by atoms with E-state index in [1.807, 2.05) is 36.0 Å². The lowest BCUT2D eigenvalue weighted by Crippen LogP contribution is -2.10. The molecule has 6 heteroatoms. The van der Waals surface area contributed by atoms with Crippen LogP contribution in [0.5, 0.6) is 0 Å². The molecule has 88 valence electrons. The van der Waals surface area contributed by atoms with Gasteiger partial charge < -0.3 is 10.3 Å². The molecule has 0 saturated heterocycles. The smallest absolute Gasteiger partial charge is 0.172 e. The summed E-state index contributed by atoms with van der Waals surface area (Å²) in [4.78, 5) is 5.29. The van der Waals surface area contributed by atoms with Crippen LogP contribution in [-0.4, -0.2) is 15.4 Å². The topological polar surface area (TPSA) is 67.7 Å². The number of nitrogen functional groups attached to an aromatic ring is 1. The minimum Gasteiger partial charge on any atom is -0.384 e. The molecule has 0 fully saturated rings. The molecule has 3 N–H and O–H groups in total. The third-order valence-electron chi connectivity index (χ3n) is 2.22. The number of aryl methyl sites for hydroxylation is 1. The minimum absolute atomic E-state index is 0.0687. The van der Waals surface area contributed by atoms with Gasteiger partial charge in [-0.1, -0.05) is 17.8 Å². The van der Waals surface area contributed by atoms with E-state index in [-0.39, 0.29) is 5.84 Å². The van der Waals surface area contributed by atoms with Gasteiger partial charge in [0.25, 0.3) is 0 Å². The zero-order valence-corrected chi connectivity index (χ0v) is 11.5. The number of benzene rings is 1. The predicted molar refractivity (Wildman–Crippen MR) is 72.5 cm³/mol. The largest absolute Gasteiger partial charge is 0.384 e. The van der Waals surface area contributed by atoms with Gasteiger partial charge in [-0.3, -0.25) is 5.41 Å². The molecular weight excluding hydrogens is 300 g/mol. The van der Waals surface area contributed by atoms with Crippen molar-refractivity contribution in [2.45, 2.75) is 10.1 Å². The van der Waals surface area contributed by atoms with Crippen molar-refractivity contribution < 1.29 is 0 Å². The quantitative estimate of drug-likeness (QED) is 0.676. The van der Waals surface area contributed by atoms with Crippen LogP contribution in [-0.2, 0) is 7.05 Å². The first-order chi connectivity index (χ1) is 8.08. The Kier molecular flexibility index (Phi) is 3.54. The van der Waals surface area contributed by atoms with Crippen LogP contribution in [0.1, 0.15) is 5.56 Å². The molecule has 0 unspecified atom stereocenters. The number of hydrogen-bond donors (Lipinski definition) is 2. The Balaban J connectivity index is 2.29. The third-order valence-corrected chi connectivity index (χ3v) is 4.29. The maximum atomic E-state index is 7.37. The Hall–Kier alpha value is -1.27. The van der Waals surface area contributed by atoms with Gasteiger partial charge in [0.2, 0.25) is 0 Å². The zero-order valence-electron chi connectivity index (χ0n) is 9.14. The van der Waals surface area contributed by atoms with E-state index in [1.165, 1.54) is 0 Å². The van der Waals surface area contributed by atoms with Gasteiger partial charge >= 0.3 is 0 Å². The number of rotatable bonds is 3. The van der Waals surface area contributed by atoms with Crippen LogP contribution in [0.4, 0.5) is 0 Å². The Morgan fingerprint density at radius 3 is 2.82 bits per heavy atom. The summed E-state index contributed by atoms with van der Waals surface area (Å²) in [5.74, 6) is 0.0687. The van der Waals surface area contributed by atoms with Crippen molar-refractivity contribution in [2.24, 2.45) is 12.8 Å². The van der Waals surface area contributed by atoms with E-state index < -0.39 is 0 Å². The van der Waals surface area contributed by atoms with Gasteiger partial charge in [0, 0.05) is 34.4 Å². The number of hydrogen-bond acceptors (Lipinski definition) is 3. The number of nitrogens with zero attached hydrogens (tertiary/aromatic N) is 2. The second-order valence-electron chi connectivity index (χ2n) is 3.48. The average Bonchev–Trinajstić information content (AvgIpc) is 2.67. The van der Waals surface area contributed by atoms with Crippen molar-refractivity contribution >= 4 is 33.5 Å². The van der Waals surface area contributed by atoms with Gasteiger partial charge in [-0.15, -0.1) is 0 Å². The predicted octanol–water partition coefficient (Wildman–Crippen LogP) is 2.62. The highest BCUT2D eigenvalue weighted by Gasteiger charge is 2.07. The van der Waals surface area contributed by atoms with E-state index in [0.29, 0.717) is 5.56 Å². The van der Waals surface area contributed by atoms with Crippen LogP contribution < -0.4 is 5.73 Å². The Labute approximate surface area is 112 Å². The number of nitrogens with one attached hydrogen (secondary N) is 1. The molecular formula is C11H11BrN4S. The van der Waals surface area contributed by atoms with Gasteiger partial charge in [-0.2, -0.15) is 0 Å². The molecule has 0 atom stereocenters. The van der Waals surface area contributed by atoms with E-state index in [2.05, 4.69) is 20.9 Å². The number of amidine groups is 1. The second-order valence-corrected chi connectivity index (χ2v) is 5.35. The molecule has 2 rings (SSSR count). The van der Waals surface area contributed by atoms with Crippen LogP contribution in [0.2, 0.25) is 0 Å². The number of imidazole rings is 1. The van der Waals surface area contributed by atoms with E-state index in [9.17, 15) is 0 Å². The lowest BCUT2D eigenvalue weighted by atomic mass is 10.2. The molecule has 2 aromatic rings. The van der Waals surface area contributed by atoms with Crippen molar-refractivity contribution in [1.82, 2.24) is 9.55 Å². The van der Waals surface area contributed by atoms with Gasteiger partial charge in [-0.05, 0) is 28.1 Å². The molecule has 0 aliphatic carbocycles. The van der Waals surface area contributed by atoms with Crippen LogP contribution in [0, 0.1) is 5.41 Å². The lowest BCUT2D eigenvalue weighted by molar-refractivity contribution is 0.790. The molecule has 0 aliphatic heterocycles. The third kappa shape index (κ3) is 2.70. The summed E-state index contributed by atoms with van der Waals surface area (Å²) >= 11 is 5.04. The SMILES string of the molecule is Cn1ccnc1Sc1ccc(C(=N)N)cc1Br. The van der Waals surface area contributed by atoms with Crippen molar-refractivity contribution in [2.75, 3.05) is 0 Å². The monoisotopic (exact) mass is 310 g/mol. The van der Waals surface area contributed by atoms with Crippen molar-refractivity contribution in [3.63, 3.8) is 0 Å². The van der Waals surface area contributed by atoms with E-state index in [0.717, 1.165) is 14.5 Å². The highest BCUT2D eigenvalue weighted by atomic mass is 79.9. The first-order valence-electron chi connectivity index (χ1n) is 4.87. The Morgan fingerprint density at radius 1 is 1.53 bits per heavy atom. The molecule has 17 heavy (non-hydrogen) atoms. The molecule has 0 aliphatic rings. The average molecular weight is 311 g/mol. The van der Waals surface area contributed by atoms with Gasteiger partial charge in [0.05, 0.1) is 0 Å². The van der Waals surface area contributed by atoms with E-state index in [1.54, 1.807) is 18.0 Å². The first kappa shape index (κ1) is 12.2. The summed E-state index contributed by atoms with van der Waals surface area (Å²) in [6, 6.07) is 5.60. The van der Waals surface area contributed by atoms with Crippen LogP contribution in [0.3, 0.4) is 0 Å². The normalized spacial score (nSPS) is 10.5. The molecule has 0 radical (unpaired) electrons. The summed E-state index contributed by atoms with van der Waals surface area (Å²) in [6.07, 6.45) is 3.67. The molecule has 4 nitrogen and oxygen atoms in total. The number of aromatic nitrogens is 2. The molecule has 1 aromatic heterocycles. The van der Waals surface area contributed by atoms with E-state index >= 15 is 0 Å². The number of nitrogens with two attached hydrogens (primary N) is 1. The summed E-state index contributed by atoms with van der Waals surface area (Å²) in [7, 11) is 1.95. The second kappa shape index (κ2) is 4.93. The Bertz CT molecular complexity index is 564. The maximum absolute atomic E-state index is 7.37. The van der Waals surface area contributed by atoms with Gasteiger partial charge in [-0.25, -0.2) is 4.98 Å². The fourth-order valence-corrected chi connectivity index (χ4v) is 2.73. The fraction of sp³-hybridized carbons (Fsp3) is 0.0909. The van der Waals surface area contributed by atoms with Gasteiger partial charge in [0.15, 0.2) is 5.16 Å². The molecule has 1 aromatic carbocycles. The lowest BCUT2D eigenvalue weighted by Gasteiger charge is -2.06. The summed E-state index contributed by atoms with van der Waals surface area (Å²) < 4.78 is 2.87. The van der Waals surface area contributed by atoms with Crippen LogP contribution in [0.25, 0.3) is 0 Å². The molecule has 0 bridgehead atoms. The molecule has 0 spiro atoms. The highest BCUT2D eigenvalue weighted by Crippen LogP contribution is 2.32. The molecule has 0 saturated carbocycles. The molecule has 1 heterocycles. The fourth-order valence-electron chi connectivity index (χ4n) is 1.30. The number of halogens is 1. The minimum atomic E-state index is 0.0687. The summed E-state index contributed by atoms with van der Waals surface area (Å²) in [5, 5.41) is 8.28. The van der Waals surface area contributed by atoms with Crippen molar-refractivity contribution in [3.05, 3.63) is 40.6 Å². The Morgan fingerprint density at radius 2 is 2.29 bits per heavy atom. The zero-order chi connectivity index (χ0) is 12.4. The van der Waals surface area contributed by atoms with Crippen molar-refractivity contribution in [1.29, 1.82) is 5.41 Å². The summed E-state index contributed by atoms with van der Waals surface area (Å²) in [5.41, 5.74) is 6.14. The van der Waals surface area contributed by atoms with E-state index in [4.69, 9.17) is 11.1 Å². The maximum Gasteiger partial charge on any atom is 0.172 e. The molecule has 0 amide bonds. The van der Waals surface area contributed by atoms with Crippen LogP contribution in [0.15, 0.2) is 45.1 Å². The standard InChI is InChI=1S/C11H11BrN4S/c1-16-5-4-15-11(16)17-9-3-2-7(10(13)14)6-8(9)12/h2-6H,1H3,(H3,13,14). The van der Waals surface area contributed by atoms with Crippen molar-refractivity contribution in [3.8, 4) is 0 Å². The summed E-state index contributed by atoms with van der Waals surface area (Å²) in [6.45, 7) is 0. The highest BCUT2D eigenvalue weighted by molar-refractivity contribution is 9.10. The van der Waals surface area contributed by atoms with Crippen LogP contribution >= 0.6 is 27.7 Å². The van der Waals surface area contributed by atoms with Gasteiger partial charge in [0.1, 0.15) is 5.84 Å².